The van der Waals surface area contributed by atoms with Crippen molar-refractivity contribution in [2.45, 2.75) is 6.54 Å². The van der Waals surface area contributed by atoms with Gasteiger partial charge in [-0.15, -0.1) is 0 Å². The van der Waals surface area contributed by atoms with Crippen molar-refractivity contribution in [2.75, 3.05) is 6.61 Å². The van der Waals surface area contributed by atoms with Crippen LogP contribution >= 0.6 is 11.6 Å². The molecular formula is C16H13ClN2O2. The zero-order valence-corrected chi connectivity index (χ0v) is 11.9. The normalized spacial score (nSPS) is 9.71. The Hall–Kier alpha value is -2.51. The number of amides is 1. The van der Waals surface area contributed by atoms with E-state index in [1.54, 1.807) is 12.1 Å². The van der Waals surface area contributed by atoms with Crippen LogP contribution < -0.4 is 10.1 Å². The van der Waals surface area contributed by atoms with Crippen molar-refractivity contribution in [3.8, 4) is 11.8 Å². The van der Waals surface area contributed by atoms with Crippen molar-refractivity contribution < 1.29 is 9.53 Å². The number of hydrogen-bond acceptors (Lipinski definition) is 3. The fraction of sp³-hybridized carbons (Fsp3) is 0.125. The molecule has 1 N–H and O–H groups in total. The minimum absolute atomic E-state index is 0.102. The zero-order chi connectivity index (χ0) is 15.1. The molecular weight excluding hydrogens is 288 g/mol. The molecule has 0 saturated carbocycles. The Bertz CT molecular complexity index is 666. The molecule has 2 aromatic rings. The van der Waals surface area contributed by atoms with Crippen LogP contribution in [0.4, 0.5) is 0 Å². The van der Waals surface area contributed by atoms with Crippen LogP contribution in [0.2, 0.25) is 5.02 Å². The second-order valence-electron chi connectivity index (χ2n) is 4.30. The molecule has 0 aliphatic rings. The van der Waals surface area contributed by atoms with Gasteiger partial charge in [0.2, 0.25) is 0 Å². The van der Waals surface area contributed by atoms with E-state index in [4.69, 9.17) is 21.6 Å². The second-order valence-corrected chi connectivity index (χ2v) is 4.71. The first kappa shape index (κ1) is 14.9. The SMILES string of the molecule is N#Cc1ccc(OCC(=O)NCc2ccccc2)cc1Cl. The third-order valence-electron chi connectivity index (χ3n) is 2.76. The highest BCUT2D eigenvalue weighted by atomic mass is 35.5. The van der Waals surface area contributed by atoms with Gasteiger partial charge >= 0.3 is 0 Å². The smallest absolute Gasteiger partial charge is 0.258 e. The molecule has 0 aliphatic carbocycles. The van der Waals surface area contributed by atoms with Gasteiger partial charge in [0.1, 0.15) is 11.8 Å². The average molecular weight is 301 g/mol. The van der Waals surface area contributed by atoms with Crippen LogP contribution in [0.3, 0.4) is 0 Å². The number of rotatable bonds is 5. The number of benzene rings is 2. The van der Waals surface area contributed by atoms with E-state index in [9.17, 15) is 4.79 Å². The monoisotopic (exact) mass is 300 g/mol. The summed E-state index contributed by atoms with van der Waals surface area (Å²) in [7, 11) is 0. The summed E-state index contributed by atoms with van der Waals surface area (Å²) in [6.07, 6.45) is 0. The summed E-state index contributed by atoms with van der Waals surface area (Å²) in [6, 6.07) is 16.2. The number of carbonyl (C=O) groups is 1. The summed E-state index contributed by atoms with van der Waals surface area (Å²) >= 11 is 5.88. The van der Waals surface area contributed by atoms with Gasteiger partial charge in [0, 0.05) is 12.6 Å². The first-order valence-corrected chi connectivity index (χ1v) is 6.70. The molecule has 0 unspecified atom stereocenters. The highest BCUT2D eigenvalue weighted by Crippen LogP contribution is 2.21. The predicted molar refractivity (Wildman–Crippen MR) is 80.0 cm³/mol. The molecule has 2 aromatic carbocycles. The predicted octanol–water partition coefficient (Wildman–Crippen LogP) is 2.91. The maximum Gasteiger partial charge on any atom is 0.258 e. The van der Waals surface area contributed by atoms with Crippen LogP contribution in [0.5, 0.6) is 5.75 Å². The van der Waals surface area contributed by atoms with Gasteiger partial charge in [0.05, 0.1) is 10.6 Å². The summed E-state index contributed by atoms with van der Waals surface area (Å²) in [6.45, 7) is 0.353. The maximum absolute atomic E-state index is 11.7. The molecule has 0 aliphatic heterocycles. The summed E-state index contributed by atoms with van der Waals surface area (Å²) in [4.78, 5) is 11.7. The largest absolute Gasteiger partial charge is 0.484 e. The number of nitrogens with zero attached hydrogens (tertiary/aromatic N) is 1. The molecule has 0 aromatic heterocycles. The van der Waals surface area contributed by atoms with Gasteiger partial charge in [-0.3, -0.25) is 4.79 Å². The highest BCUT2D eigenvalue weighted by molar-refractivity contribution is 6.31. The Morgan fingerprint density at radius 1 is 1.24 bits per heavy atom. The standard InChI is InChI=1S/C16H13ClN2O2/c17-15-8-14(7-6-13(15)9-18)21-11-16(20)19-10-12-4-2-1-3-5-12/h1-8H,10-11H2,(H,19,20). The third kappa shape index (κ3) is 4.51. The van der Waals surface area contributed by atoms with Crippen molar-refractivity contribution in [1.82, 2.24) is 5.32 Å². The van der Waals surface area contributed by atoms with E-state index in [-0.39, 0.29) is 12.5 Å². The lowest BCUT2D eigenvalue weighted by atomic mass is 10.2. The molecule has 1 amide bonds. The molecule has 0 spiro atoms. The van der Waals surface area contributed by atoms with Crippen molar-refractivity contribution in [2.24, 2.45) is 0 Å². The number of nitriles is 1. The van der Waals surface area contributed by atoms with Crippen molar-refractivity contribution >= 4 is 17.5 Å². The number of halogens is 1. The first-order chi connectivity index (χ1) is 10.2. The van der Waals surface area contributed by atoms with Crippen molar-refractivity contribution in [3.05, 3.63) is 64.7 Å². The summed E-state index contributed by atoms with van der Waals surface area (Å²) in [5, 5.41) is 11.8. The molecule has 21 heavy (non-hydrogen) atoms. The van der Waals surface area contributed by atoms with E-state index in [0.29, 0.717) is 22.9 Å². The maximum atomic E-state index is 11.7. The third-order valence-corrected chi connectivity index (χ3v) is 3.08. The summed E-state index contributed by atoms with van der Waals surface area (Å²) in [5.74, 6) is 0.230. The minimum atomic E-state index is -0.223. The highest BCUT2D eigenvalue weighted by Gasteiger charge is 2.05. The Kier molecular flexibility index (Phi) is 5.19. The molecule has 0 atom stereocenters. The van der Waals surface area contributed by atoms with Crippen LogP contribution in [0.1, 0.15) is 11.1 Å². The van der Waals surface area contributed by atoms with Crippen molar-refractivity contribution in [1.29, 1.82) is 5.26 Å². The van der Waals surface area contributed by atoms with Gasteiger partial charge in [-0.25, -0.2) is 0 Å². The summed E-state index contributed by atoms with van der Waals surface area (Å²) < 4.78 is 5.33. The molecule has 0 radical (unpaired) electrons. The van der Waals surface area contributed by atoms with E-state index in [1.165, 1.54) is 6.07 Å². The molecule has 5 heteroatoms. The van der Waals surface area contributed by atoms with E-state index in [2.05, 4.69) is 5.32 Å². The fourth-order valence-electron chi connectivity index (χ4n) is 1.67. The minimum Gasteiger partial charge on any atom is -0.484 e. The number of hydrogen-bond donors (Lipinski definition) is 1. The van der Waals surface area contributed by atoms with Crippen LogP contribution in [-0.4, -0.2) is 12.5 Å². The van der Waals surface area contributed by atoms with Crippen LogP contribution in [-0.2, 0) is 11.3 Å². The quantitative estimate of drug-likeness (QED) is 0.923. The van der Waals surface area contributed by atoms with Gasteiger partial charge in [-0.2, -0.15) is 5.26 Å². The lowest BCUT2D eigenvalue weighted by molar-refractivity contribution is -0.123. The number of ether oxygens (including phenoxy) is 1. The van der Waals surface area contributed by atoms with Gasteiger partial charge in [-0.1, -0.05) is 41.9 Å². The van der Waals surface area contributed by atoms with Crippen molar-refractivity contribution in [3.63, 3.8) is 0 Å². The van der Waals surface area contributed by atoms with Crippen LogP contribution in [0.25, 0.3) is 0 Å². The van der Waals surface area contributed by atoms with E-state index >= 15 is 0 Å². The first-order valence-electron chi connectivity index (χ1n) is 6.32. The van der Waals surface area contributed by atoms with E-state index in [1.807, 2.05) is 36.4 Å². The van der Waals surface area contributed by atoms with E-state index < -0.39 is 0 Å². The van der Waals surface area contributed by atoms with Gasteiger partial charge in [0.25, 0.3) is 5.91 Å². The van der Waals surface area contributed by atoms with Gasteiger partial charge < -0.3 is 10.1 Å². The van der Waals surface area contributed by atoms with Crippen LogP contribution in [0.15, 0.2) is 48.5 Å². The lowest BCUT2D eigenvalue weighted by Crippen LogP contribution is -2.28. The zero-order valence-electron chi connectivity index (χ0n) is 11.2. The van der Waals surface area contributed by atoms with Gasteiger partial charge in [-0.05, 0) is 17.7 Å². The molecule has 0 bridgehead atoms. The fourth-order valence-corrected chi connectivity index (χ4v) is 1.89. The van der Waals surface area contributed by atoms with E-state index in [0.717, 1.165) is 5.56 Å². The lowest BCUT2D eigenvalue weighted by Gasteiger charge is -2.08. The average Bonchev–Trinajstić information content (AvgIpc) is 2.52. The number of nitrogens with one attached hydrogen (secondary N) is 1. The topological polar surface area (TPSA) is 62.1 Å². The Balaban J connectivity index is 1.81. The number of carbonyl (C=O) groups excluding carboxylic acids is 1. The molecule has 0 fully saturated rings. The Labute approximate surface area is 127 Å². The Morgan fingerprint density at radius 2 is 2.00 bits per heavy atom. The molecule has 0 saturated heterocycles. The van der Waals surface area contributed by atoms with Gasteiger partial charge in [0.15, 0.2) is 6.61 Å². The summed E-state index contributed by atoms with van der Waals surface area (Å²) in [5.41, 5.74) is 1.39. The molecule has 0 heterocycles. The Morgan fingerprint density at radius 3 is 2.67 bits per heavy atom. The molecule has 106 valence electrons. The molecule has 4 nitrogen and oxygen atoms in total. The van der Waals surface area contributed by atoms with Crippen LogP contribution in [0, 0.1) is 11.3 Å². The second kappa shape index (κ2) is 7.32. The molecule has 2 rings (SSSR count).